The van der Waals surface area contributed by atoms with Crippen LogP contribution in [0, 0.1) is 0 Å². The lowest BCUT2D eigenvalue weighted by Gasteiger charge is -2.32. The van der Waals surface area contributed by atoms with Gasteiger partial charge in [-0.3, -0.25) is 24.3 Å². The molecule has 1 saturated heterocycles. The van der Waals surface area contributed by atoms with Gasteiger partial charge in [0.05, 0.1) is 33.6 Å². The number of benzene rings is 2. The average molecular weight is 539 g/mol. The lowest BCUT2D eigenvalue weighted by Crippen LogP contribution is -2.54. The molecule has 3 heterocycles. The minimum Gasteiger partial charge on any atom is -0.399 e. The van der Waals surface area contributed by atoms with Crippen molar-refractivity contribution >= 4 is 30.3 Å². The number of nitrogens with one attached hydrogen (secondary N) is 1. The molecule has 2 aliphatic heterocycles. The van der Waals surface area contributed by atoms with Crippen molar-refractivity contribution in [3.63, 3.8) is 0 Å². The van der Waals surface area contributed by atoms with E-state index < -0.39 is 47.6 Å². The quantitative estimate of drug-likeness (QED) is 0.364. The third-order valence-corrected chi connectivity index (χ3v) is 8.11. The molecule has 1 fully saturated rings. The summed E-state index contributed by atoms with van der Waals surface area (Å²) < 4.78 is 12.3. The number of hydrogen-bond donors (Lipinski definition) is 1. The van der Waals surface area contributed by atoms with Crippen molar-refractivity contribution in [1.82, 2.24) is 15.2 Å². The Kier molecular flexibility index (Phi) is 6.92. The van der Waals surface area contributed by atoms with E-state index in [1.54, 1.807) is 36.5 Å². The van der Waals surface area contributed by atoms with Crippen LogP contribution >= 0.6 is 0 Å². The van der Waals surface area contributed by atoms with Crippen LogP contribution in [0.5, 0.6) is 0 Å². The van der Waals surface area contributed by atoms with Gasteiger partial charge in [0.2, 0.25) is 5.91 Å². The summed E-state index contributed by atoms with van der Waals surface area (Å²) in [4.78, 5) is 46.1. The zero-order valence-corrected chi connectivity index (χ0v) is 23.7. The molecule has 3 amide bonds. The summed E-state index contributed by atoms with van der Waals surface area (Å²) in [6.45, 7) is 11.7. The Morgan fingerprint density at radius 1 is 0.900 bits per heavy atom. The van der Waals surface area contributed by atoms with E-state index in [0.29, 0.717) is 16.8 Å². The van der Waals surface area contributed by atoms with Crippen LogP contribution in [-0.2, 0) is 26.1 Å². The molecule has 8 nitrogen and oxygen atoms in total. The van der Waals surface area contributed by atoms with Gasteiger partial charge in [0.15, 0.2) is 0 Å². The number of rotatable bonds is 7. The summed E-state index contributed by atoms with van der Waals surface area (Å²) in [6.07, 6.45) is 1.80. The van der Waals surface area contributed by atoms with E-state index in [4.69, 9.17) is 9.31 Å². The Morgan fingerprint density at radius 3 is 1.98 bits per heavy atom. The smallest absolute Gasteiger partial charge is 0.399 e. The van der Waals surface area contributed by atoms with Gasteiger partial charge in [0.1, 0.15) is 6.04 Å². The molecule has 3 aromatic rings. The third-order valence-electron chi connectivity index (χ3n) is 8.11. The number of carbonyl (C=O) groups excluding carboxylic acids is 3. The van der Waals surface area contributed by atoms with E-state index in [1.165, 1.54) is 0 Å². The second-order valence-corrected chi connectivity index (χ2v) is 11.9. The maximum Gasteiger partial charge on any atom is 0.494 e. The van der Waals surface area contributed by atoms with E-state index in [0.717, 1.165) is 15.9 Å². The monoisotopic (exact) mass is 539 g/mol. The Labute approximate surface area is 235 Å². The Hall–Kier alpha value is -3.82. The van der Waals surface area contributed by atoms with Gasteiger partial charge in [-0.1, -0.05) is 42.5 Å². The van der Waals surface area contributed by atoms with Crippen LogP contribution in [0.25, 0.3) is 0 Å². The highest BCUT2D eigenvalue weighted by Gasteiger charge is 2.51. The summed E-state index contributed by atoms with van der Waals surface area (Å²) in [5.74, 6) is -1.41. The first-order valence-electron chi connectivity index (χ1n) is 13.5. The van der Waals surface area contributed by atoms with Crippen LogP contribution in [0.2, 0.25) is 0 Å². The summed E-state index contributed by atoms with van der Waals surface area (Å²) in [5, 5.41) is 3.02. The van der Waals surface area contributed by atoms with Crippen LogP contribution in [0.3, 0.4) is 0 Å². The fourth-order valence-electron chi connectivity index (χ4n) is 4.99. The lowest BCUT2D eigenvalue weighted by molar-refractivity contribution is -0.126. The van der Waals surface area contributed by atoms with Crippen LogP contribution in [0.1, 0.15) is 73.5 Å². The zero-order valence-electron chi connectivity index (χ0n) is 23.7. The highest BCUT2D eigenvalue weighted by molar-refractivity contribution is 6.62. The number of nitrogens with zero attached hydrogens (tertiary/aromatic N) is 2. The molecule has 0 unspecified atom stereocenters. The highest BCUT2D eigenvalue weighted by Crippen LogP contribution is 2.36. The number of carbonyl (C=O) groups is 3. The lowest BCUT2D eigenvalue weighted by atomic mass is 9.78. The van der Waals surface area contributed by atoms with Gasteiger partial charge in [0.25, 0.3) is 11.8 Å². The molecule has 0 aliphatic carbocycles. The summed E-state index contributed by atoms with van der Waals surface area (Å²) >= 11 is 0. The van der Waals surface area contributed by atoms with Gasteiger partial charge in [0, 0.05) is 12.6 Å². The molecule has 1 N–H and O–H groups in total. The molecule has 9 heteroatoms. The van der Waals surface area contributed by atoms with E-state index in [1.807, 2.05) is 77.9 Å². The Balaban J connectivity index is 1.43. The number of amides is 3. The largest absolute Gasteiger partial charge is 0.494 e. The van der Waals surface area contributed by atoms with Gasteiger partial charge < -0.3 is 14.6 Å². The molecule has 0 radical (unpaired) electrons. The van der Waals surface area contributed by atoms with E-state index in [9.17, 15) is 14.4 Å². The number of pyridine rings is 1. The molecule has 206 valence electrons. The SMILES string of the molecule is CC(C)(NC(=O)[C@H](Cc1ccc(B2OC(C)(C)C(C)(C)O2)cc1)N1C(=O)c2ccccc2C1=O)c1ccccn1. The minimum atomic E-state index is -1.07. The van der Waals surface area contributed by atoms with Gasteiger partial charge in [-0.25, -0.2) is 0 Å². The van der Waals surface area contributed by atoms with E-state index in [2.05, 4.69) is 10.3 Å². The first-order valence-corrected chi connectivity index (χ1v) is 13.5. The fourth-order valence-corrected chi connectivity index (χ4v) is 4.99. The normalized spacial score (nSPS) is 18.6. The van der Waals surface area contributed by atoms with Crippen LogP contribution in [-0.4, -0.2) is 52.0 Å². The first kappa shape index (κ1) is 27.7. The van der Waals surface area contributed by atoms with E-state index >= 15 is 0 Å². The molecule has 1 atom stereocenters. The summed E-state index contributed by atoms with van der Waals surface area (Å²) in [7, 11) is -0.520. The Morgan fingerprint density at radius 2 is 1.45 bits per heavy atom. The highest BCUT2D eigenvalue weighted by atomic mass is 16.7. The van der Waals surface area contributed by atoms with Crippen molar-refractivity contribution in [2.24, 2.45) is 0 Å². The molecule has 0 saturated carbocycles. The van der Waals surface area contributed by atoms with Crippen LogP contribution < -0.4 is 10.8 Å². The van der Waals surface area contributed by atoms with Crippen molar-refractivity contribution in [2.45, 2.75) is 70.7 Å². The molecule has 2 aromatic carbocycles. The van der Waals surface area contributed by atoms with Gasteiger partial charge in [-0.05, 0) is 76.8 Å². The summed E-state index contributed by atoms with van der Waals surface area (Å²) in [6, 6.07) is 18.6. The number of fused-ring (bicyclic) bond motifs is 1. The molecular weight excluding hydrogens is 505 g/mol. The molecule has 0 spiro atoms. The number of hydrogen-bond acceptors (Lipinski definition) is 6. The van der Waals surface area contributed by atoms with Crippen LogP contribution in [0.4, 0.5) is 0 Å². The number of imide groups is 1. The topological polar surface area (TPSA) is 97.8 Å². The molecule has 40 heavy (non-hydrogen) atoms. The third kappa shape index (κ3) is 4.95. The standard InChI is InChI=1S/C31H34BN3O5/c1-29(2,25-13-9-10-18-33-25)34-26(36)24(35-27(37)22-11-7-8-12-23(22)28(35)38)19-20-14-16-21(17-15-20)32-39-30(3,4)31(5,6)40-32/h7-18,24H,19H2,1-6H3,(H,34,36)/t24-/m0/s1. The van der Waals surface area contributed by atoms with Gasteiger partial charge in [-0.2, -0.15) is 0 Å². The minimum absolute atomic E-state index is 0.138. The van der Waals surface area contributed by atoms with Crippen LogP contribution in [0.15, 0.2) is 72.9 Å². The molecule has 2 aliphatic rings. The van der Waals surface area contributed by atoms with Crippen molar-refractivity contribution in [3.05, 3.63) is 95.3 Å². The summed E-state index contributed by atoms with van der Waals surface area (Å²) in [5.41, 5.74) is 1.12. The maximum atomic E-state index is 13.9. The molecule has 0 bridgehead atoms. The van der Waals surface area contributed by atoms with Crippen molar-refractivity contribution in [3.8, 4) is 0 Å². The fraction of sp³-hybridized carbons (Fsp3) is 0.355. The maximum absolute atomic E-state index is 13.9. The second kappa shape index (κ2) is 9.98. The van der Waals surface area contributed by atoms with E-state index in [-0.39, 0.29) is 6.42 Å². The van der Waals surface area contributed by atoms with Crippen molar-refractivity contribution < 1.29 is 23.7 Å². The predicted octanol–water partition coefficient (Wildman–Crippen LogP) is 3.64. The number of aromatic nitrogens is 1. The average Bonchev–Trinajstić information content (AvgIpc) is 3.30. The van der Waals surface area contributed by atoms with Crippen molar-refractivity contribution in [2.75, 3.05) is 0 Å². The zero-order chi connectivity index (χ0) is 28.9. The first-order chi connectivity index (χ1) is 18.8. The predicted molar refractivity (Wildman–Crippen MR) is 152 cm³/mol. The second-order valence-electron chi connectivity index (χ2n) is 11.9. The van der Waals surface area contributed by atoms with Gasteiger partial charge >= 0.3 is 7.12 Å². The molecule has 5 rings (SSSR count). The molecule has 1 aromatic heterocycles. The Bertz CT molecular complexity index is 1400. The van der Waals surface area contributed by atoms with Gasteiger partial charge in [-0.15, -0.1) is 0 Å². The molecular formula is C31H34BN3O5. The van der Waals surface area contributed by atoms with Crippen molar-refractivity contribution in [1.29, 1.82) is 0 Å².